The van der Waals surface area contributed by atoms with Gasteiger partial charge in [-0.2, -0.15) is 10.4 Å². The second kappa shape index (κ2) is 9.43. The lowest BCUT2D eigenvalue weighted by Crippen LogP contribution is -2.47. The number of carbonyl (C=O) groups is 1. The lowest BCUT2D eigenvalue weighted by Gasteiger charge is -2.37. The van der Waals surface area contributed by atoms with Crippen LogP contribution in [0.1, 0.15) is 47.3 Å². The molecule has 2 aromatic carbocycles. The van der Waals surface area contributed by atoms with Gasteiger partial charge in [0.15, 0.2) is 0 Å². The minimum atomic E-state index is -0.981. The highest BCUT2D eigenvalue weighted by atomic mass is 16.3. The molecule has 5 aromatic rings. The molecule has 2 atom stereocenters. The minimum absolute atomic E-state index is 0.152. The summed E-state index contributed by atoms with van der Waals surface area (Å²) < 4.78 is 1.97. The summed E-state index contributed by atoms with van der Waals surface area (Å²) >= 11 is 0. The molecule has 1 saturated carbocycles. The molecule has 0 radical (unpaired) electrons. The third-order valence-corrected chi connectivity index (χ3v) is 7.53. The number of nitrogens with one attached hydrogen (secondary N) is 2. The SMILES string of the molecule is Cc1cc(-c2n[nH]c3ccc(C(=O)N[C@H]4CCC[C@@](O)(Cn5cc(C#N)c6ccccc65)C4)cc23)ccn1. The average molecular weight is 505 g/mol. The number of fused-ring (bicyclic) bond motifs is 2. The molecule has 8 heteroatoms. The maximum Gasteiger partial charge on any atom is 0.251 e. The van der Waals surface area contributed by atoms with E-state index in [9.17, 15) is 15.2 Å². The van der Waals surface area contributed by atoms with Gasteiger partial charge in [0.1, 0.15) is 11.8 Å². The number of nitriles is 1. The fourth-order valence-corrected chi connectivity index (χ4v) is 5.73. The highest BCUT2D eigenvalue weighted by Crippen LogP contribution is 2.33. The normalized spacial score (nSPS) is 19.4. The van der Waals surface area contributed by atoms with Crippen LogP contribution in [0, 0.1) is 18.3 Å². The molecule has 38 heavy (non-hydrogen) atoms. The molecule has 0 bridgehead atoms. The summed E-state index contributed by atoms with van der Waals surface area (Å²) in [6, 6.07) is 19.3. The van der Waals surface area contributed by atoms with E-state index < -0.39 is 5.60 Å². The Balaban J connectivity index is 1.21. The second-order valence-electron chi connectivity index (χ2n) is 10.3. The number of hydrogen-bond acceptors (Lipinski definition) is 5. The monoisotopic (exact) mass is 504 g/mol. The zero-order valence-electron chi connectivity index (χ0n) is 21.1. The number of rotatable bonds is 5. The number of aliphatic hydroxyl groups is 1. The summed E-state index contributed by atoms with van der Waals surface area (Å²) in [7, 11) is 0. The molecule has 1 fully saturated rings. The number of nitrogens with zero attached hydrogens (tertiary/aromatic N) is 4. The molecule has 190 valence electrons. The van der Waals surface area contributed by atoms with E-state index in [1.807, 2.05) is 66.2 Å². The standard InChI is InChI=1S/C30H28N6O2/c1-19-13-20(10-12-32-19)28-25-14-21(8-9-26(25)34-35-28)29(37)33-23-5-4-11-30(38,15-23)18-36-17-22(16-31)24-6-2-3-7-27(24)36/h2-3,6-10,12-14,17,23,38H,4-5,11,15,18H2,1H3,(H,33,37)(H,34,35)/t23-,30-/m0/s1. The molecule has 6 rings (SSSR count). The zero-order chi connectivity index (χ0) is 26.3. The van der Waals surface area contributed by atoms with Crippen molar-refractivity contribution in [1.82, 2.24) is 25.1 Å². The van der Waals surface area contributed by atoms with Gasteiger partial charge in [-0.3, -0.25) is 14.9 Å². The molecule has 3 N–H and O–H groups in total. The van der Waals surface area contributed by atoms with Gasteiger partial charge >= 0.3 is 0 Å². The number of benzene rings is 2. The van der Waals surface area contributed by atoms with Crippen molar-refractivity contribution < 1.29 is 9.90 Å². The van der Waals surface area contributed by atoms with Crippen LogP contribution >= 0.6 is 0 Å². The van der Waals surface area contributed by atoms with Gasteiger partial charge in [0.05, 0.1) is 23.2 Å². The number of aryl methyl sites for hydroxylation is 1. The number of pyridine rings is 1. The number of hydrogen-bond donors (Lipinski definition) is 3. The van der Waals surface area contributed by atoms with Crippen molar-refractivity contribution in [3.8, 4) is 17.3 Å². The first-order chi connectivity index (χ1) is 18.4. The molecule has 1 aliphatic rings. The summed E-state index contributed by atoms with van der Waals surface area (Å²) in [6.45, 7) is 2.31. The van der Waals surface area contributed by atoms with Crippen molar-refractivity contribution >= 4 is 27.7 Å². The smallest absolute Gasteiger partial charge is 0.251 e. The summed E-state index contributed by atoms with van der Waals surface area (Å²) in [5.41, 5.74) is 4.57. The molecule has 0 saturated heterocycles. The van der Waals surface area contributed by atoms with E-state index in [0.29, 0.717) is 30.5 Å². The van der Waals surface area contributed by atoms with Gasteiger partial charge in [-0.05, 0) is 69.0 Å². The topological polar surface area (TPSA) is 120 Å². The molecular weight excluding hydrogens is 476 g/mol. The van der Waals surface area contributed by atoms with Gasteiger partial charge in [0.2, 0.25) is 0 Å². The highest BCUT2D eigenvalue weighted by molar-refractivity contribution is 6.01. The molecule has 3 heterocycles. The van der Waals surface area contributed by atoms with Gasteiger partial charge < -0.3 is 15.0 Å². The summed E-state index contributed by atoms with van der Waals surface area (Å²) in [5.74, 6) is -0.169. The highest BCUT2D eigenvalue weighted by Gasteiger charge is 2.36. The van der Waals surface area contributed by atoms with Gasteiger partial charge in [0.25, 0.3) is 5.91 Å². The van der Waals surface area contributed by atoms with E-state index in [4.69, 9.17) is 0 Å². The minimum Gasteiger partial charge on any atom is -0.388 e. The molecule has 0 spiro atoms. The van der Waals surface area contributed by atoms with Gasteiger partial charge in [0, 0.05) is 51.5 Å². The van der Waals surface area contributed by atoms with Gasteiger partial charge in [-0.15, -0.1) is 0 Å². The van der Waals surface area contributed by atoms with Crippen LogP contribution in [-0.4, -0.2) is 42.4 Å². The van der Waals surface area contributed by atoms with E-state index in [-0.39, 0.29) is 11.9 Å². The Morgan fingerprint density at radius 2 is 2.11 bits per heavy atom. The van der Waals surface area contributed by atoms with Crippen LogP contribution in [0.4, 0.5) is 0 Å². The third kappa shape index (κ3) is 4.42. The number of aromatic amines is 1. The summed E-state index contributed by atoms with van der Waals surface area (Å²) in [6.07, 6.45) is 6.26. The first-order valence-corrected chi connectivity index (χ1v) is 12.8. The molecule has 3 aromatic heterocycles. The van der Waals surface area contributed by atoms with Gasteiger partial charge in [-0.1, -0.05) is 18.2 Å². The van der Waals surface area contributed by atoms with Crippen LogP contribution in [-0.2, 0) is 6.54 Å². The fraction of sp³-hybridized carbons (Fsp3) is 0.267. The molecular formula is C30H28N6O2. The predicted molar refractivity (Wildman–Crippen MR) is 145 cm³/mol. The van der Waals surface area contributed by atoms with Crippen molar-refractivity contribution in [2.45, 2.75) is 50.8 Å². The second-order valence-corrected chi connectivity index (χ2v) is 10.3. The Kier molecular flexibility index (Phi) is 5.93. The zero-order valence-corrected chi connectivity index (χ0v) is 21.1. The largest absolute Gasteiger partial charge is 0.388 e. The Morgan fingerprint density at radius 3 is 2.95 bits per heavy atom. The number of aromatic nitrogens is 4. The van der Waals surface area contributed by atoms with Gasteiger partial charge in [-0.25, -0.2) is 0 Å². The average Bonchev–Trinajstić information content (AvgIpc) is 3.49. The Hall–Kier alpha value is -4.48. The van der Waals surface area contributed by atoms with E-state index in [1.54, 1.807) is 12.3 Å². The van der Waals surface area contributed by atoms with Crippen LogP contribution in [0.5, 0.6) is 0 Å². The quantitative estimate of drug-likeness (QED) is 0.316. The van der Waals surface area contributed by atoms with Crippen LogP contribution in [0.2, 0.25) is 0 Å². The lowest BCUT2D eigenvalue weighted by molar-refractivity contribution is -0.0202. The predicted octanol–water partition coefficient (Wildman–Crippen LogP) is 4.86. The van der Waals surface area contributed by atoms with Crippen molar-refractivity contribution in [1.29, 1.82) is 5.26 Å². The van der Waals surface area contributed by atoms with Crippen molar-refractivity contribution in [3.05, 3.63) is 83.8 Å². The van der Waals surface area contributed by atoms with Crippen LogP contribution in [0.15, 0.2) is 67.0 Å². The Morgan fingerprint density at radius 1 is 1.24 bits per heavy atom. The maximum atomic E-state index is 13.3. The number of para-hydroxylation sites is 1. The Bertz CT molecular complexity index is 1710. The summed E-state index contributed by atoms with van der Waals surface area (Å²) in [4.78, 5) is 17.6. The Labute approximate surface area is 219 Å². The fourth-order valence-electron chi connectivity index (χ4n) is 5.73. The lowest BCUT2D eigenvalue weighted by atomic mass is 9.81. The van der Waals surface area contributed by atoms with Crippen LogP contribution < -0.4 is 5.32 Å². The van der Waals surface area contributed by atoms with E-state index >= 15 is 0 Å². The first-order valence-electron chi connectivity index (χ1n) is 12.8. The third-order valence-electron chi connectivity index (χ3n) is 7.53. The number of amides is 1. The molecule has 0 unspecified atom stereocenters. The molecule has 1 aliphatic carbocycles. The number of H-pyrrole nitrogens is 1. The van der Waals surface area contributed by atoms with Crippen LogP contribution in [0.25, 0.3) is 33.1 Å². The molecule has 0 aliphatic heterocycles. The summed E-state index contributed by atoms with van der Waals surface area (Å²) in [5, 5.41) is 33.5. The first kappa shape index (κ1) is 23.9. The van der Waals surface area contributed by atoms with Crippen molar-refractivity contribution in [2.75, 3.05) is 0 Å². The van der Waals surface area contributed by atoms with Crippen molar-refractivity contribution in [2.24, 2.45) is 0 Å². The van der Waals surface area contributed by atoms with Crippen LogP contribution in [0.3, 0.4) is 0 Å². The van der Waals surface area contributed by atoms with E-state index in [2.05, 4.69) is 26.6 Å². The molecule has 8 nitrogen and oxygen atoms in total. The molecule has 1 amide bonds. The van der Waals surface area contributed by atoms with E-state index in [0.717, 1.165) is 51.6 Å². The maximum absolute atomic E-state index is 13.3. The number of carbonyl (C=O) groups excluding carboxylic acids is 1. The van der Waals surface area contributed by atoms with E-state index in [1.165, 1.54) is 0 Å². The van der Waals surface area contributed by atoms with Crippen molar-refractivity contribution in [3.63, 3.8) is 0 Å².